The SMILES string of the molecule is COC(=O)[C@@H](O)C1CCN(Cc2c(C)nc3sc(C)cn23)CC1. The number of carbonyl (C=O) groups excluding carboxylic acids is 1. The molecule has 3 rings (SSSR count). The van der Waals surface area contributed by atoms with Crippen molar-refractivity contribution in [3.8, 4) is 0 Å². The first kappa shape index (κ1) is 16.4. The zero-order valence-corrected chi connectivity index (χ0v) is 14.6. The molecule has 0 aliphatic carbocycles. The Hall–Kier alpha value is -1.44. The number of aliphatic hydroxyl groups is 1. The van der Waals surface area contributed by atoms with E-state index in [-0.39, 0.29) is 5.92 Å². The van der Waals surface area contributed by atoms with Gasteiger partial charge in [-0.15, -0.1) is 11.3 Å². The lowest BCUT2D eigenvalue weighted by Crippen LogP contribution is -2.40. The number of rotatable bonds is 4. The predicted molar refractivity (Wildman–Crippen MR) is 88.6 cm³/mol. The van der Waals surface area contributed by atoms with Crippen LogP contribution >= 0.6 is 11.3 Å². The average molecular weight is 337 g/mol. The highest BCUT2D eigenvalue weighted by Crippen LogP contribution is 2.25. The number of nitrogens with zero attached hydrogens (tertiary/aromatic N) is 3. The number of likely N-dealkylation sites (tertiary alicyclic amines) is 1. The highest BCUT2D eigenvalue weighted by atomic mass is 32.1. The van der Waals surface area contributed by atoms with Crippen molar-refractivity contribution in [1.29, 1.82) is 0 Å². The Labute approximate surface area is 139 Å². The van der Waals surface area contributed by atoms with Gasteiger partial charge in [-0.2, -0.15) is 0 Å². The second-order valence-electron chi connectivity index (χ2n) is 6.22. The summed E-state index contributed by atoms with van der Waals surface area (Å²) in [7, 11) is 1.32. The quantitative estimate of drug-likeness (QED) is 0.861. The fraction of sp³-hybridized carbons (Fsp3) is 0.625. The summed E-state index contributed by atoms with van der Waals surface area (Å²) in [6.07, 6.45) is 2.76. The smallest absolute Gasteiger partial charge is 0.334 e. The average Bonchev–Trinajstić information content (AvgIpc) is 3.03. The van der Waals surface area contributed by atoms with Gasteiger partial charge in [-0.25, -0.2) is 9.78 Å². The van der Waals surface area contributed by atoms with Crippen molar-refractivity contribution < 1.29 is 14.6 Å². The molecule has 6 nitrogen and oxygen atoms in total. The molecular weight excluding hydrogens is 314 g/mol. The van der Waals surface area contributed by atoms with Gasteiger partial charge in [0.1, 0.15) is 0 Å². The van der Waals surface area contributed by atoms with Crippen LogP contribution in [0, 0.1) is 19.8 Å². The Morgan fingerprint density at radius 1 is 1.48 bits per heavy atom. The Balaban J connectivity index is 1.64. The second kappa shape index (κ2) is 6.59. The molecule has 2 aromatic rings. The second-order valence-corrected chi connectivity index (χ2v) is 7.43. The van der Waals surface area contributed by atoms with Gasteiger partial charge in [-0.3, -0.25) is 9.30 Å². The van der Waals surface area contributed by atoms with Gasteiger partial charge in [-0.05, 0) is 45.7 Å². The van der Waals surface area contributed by atoms with E-state index in [0.717, 1.165) is 43.1 Å². The molecule has 1 fully saturated rings. The molecule has 1 atom stereocenters. The van der Waals surface area contributed by atoms with Gasteiger partial charge in [0.05, 0.1) is 18.5 Å². The van der Waals surface area contributed by atoms with E-state index in [2.05, 4.69) is 39.1 Å². The molecule has 0 saturated carbocycles. The summed E-state index contributed by atoms with van der Waals surface area (Å²) in [4.78, 5) is 20.7. The van der Waals surface area contributed by atoms with Crippen molar-refractivity contribution >= 4 is 22.3 Å². The molecule has 1 aliphatic heterocycles. The molecule has 1 aliphatic rings. The molecule has 7 heteroatoms. The first-order chi connectivity index (χ1) is 11.0. The van der Waals surface area contributed by atoms with Crippen LogP contribution in [0.15, 0.2) is 6.20 Å². The third-order valence-corrected chi connectivity index (χ3v) is 5.53. The zero-order chi connectivity index (χ0) is 16.6. The first-order valence-electron chi connectivity index (χ1n) is 7.91. The summed E-state index contributed by atoms with van der Waals surface area (Å²) in [5.41, 5.74) is 2.31. The third kappa shape index (κ3) is 3.27. The lowest BCUT2D eigenvalue weighted by molar-refractivity contribution is -0.154. The van der Waals surface area contributed by atoms with Crippen molar-refractivity contribution in [3.05, 3.63) is 22.5 Å². The van der Waals surface area contributed by atoms with E-state index in [1.807, 2.05) is 0 Å². The van der Waals surface area contributed by atoms with Crippen LogP contribution in [0.5, 0.6) is 0 Å². The van der Waals surface area contributed by atoms with Gasteiger partial charge in [0.2, 0.25) is 0 Å². The number of aromatic nitrogens is 2. The molecule has 0 bridgehead atoms. The number of hydrogen-bond acceptors (Lipinski definition) is 6. The molecule has 1 N–H and O–H groups in total. The Bertz CT molecular complexity index is 701. The Morgan fingerprint density at radius 3 is 2.83 bits per heavy atom. The molecule has 0 amide bonds. The van der Waals surface area contributed by atoms with Crippen LogP contribution < -0.4 is 0 Å². The highest BCUT2D eigenvalue weighted by molar-refractivity contribution is 7.17. The van der Waals surface area contributed by atoms with Crippen molar-refractivity contribution in [2.24, 2.45) is 5.92 Å². The van der Waals surface area contributed by atoms with E-state index in [1.165, 1.54) is 17.7 Å². The van der Waals surface area contributed by atoms with Crippen molar-refractivity contribution in [3.63, 3.8) is 0 Å². The number of methoxy groups -OCH3 is 1. The van der Waals surface area contributed by atoms with Crippen LogP contribution in [0.2, 0.25) is 0 Å². The molecule has 23 heavy (non-hydrogen) atoms. The monoisotopic (exact) mass is 337 g/mol. The minimum Gasteiger partial charge on any atom is -0.467 e. The van der Waals surface area contributed by atoms with E-state index >= 15 is 0 Å². The maximum Gasteiger partial charge on any atom is 0.334 e. The number of ether oxygens (including phenoxy) is 1. The van der Waals surface area contributed by atoms with E-state index in [1.54, 1.807) is 11.3 Å². The lowest BCUT2D eigenvalue weighted by Gasteiger charge is -2.33. The van der Waals surface area contributed by atoms with Crippen LogP contribution in [0.3, 0.4) is 0 Å². The Morgan fingerprint density at radius 2 is 2.17 bits per heavy atom. The molecule has 0 radical (unpaired) electrons. The number of piperidine rings is 1. The molecule has 2 aromatic heterocycles. The van der Waals surface area contributed by atoms with Gasteiger partial charge < -0.3 is 9.84 Å². The minimum absolute atomic E-state index is 0.00588. The summed E-state index contributed by atoms with van der Waals surface area (Å²) < 4.78 is 6.82. The fourth-order valence-corrected chi connectivity index (χ4v) is 4.14. The lowest BCUT2D eigenvalue weighted by atomic mass is 9.91. The maximum atomic E-state index is 11.4. The molecule has 1 saturated heterocycles. The van der Waals surface area contributed by atoms with Crippen LogP contribution in [0.4, 0.5) is 0 Å². The van der Waals surface area contributed by atoms with Crippen LogP contribution in [0.25, 0.3) is 4.96 Å². The number of fused-ring (bicyclic) bond motifs is 1. The molecular formula is C16H23N3O3S. The summed E-state index contributed by atoms with van der Waals surface area (Å²) in [6.45, 7) is 6.74. The molecule has 126 valence electrons. The van der Waals surface area contributed by atoms with E-state index in [9.17, 15) is 9.90 Å². The topological polar surface area (TPSA) is 67.1 Å². The van der Waals surface area contributed by atoms with Crippen molar-refractivity contribution in [1.82, 2.24) is 14.3 Å². The van der Waals surface area contributed by atoms with Gasteiger partial charge in [-0.1, -0.05) is 0 Å². The van der Waals surface area contributed by atoms with Crippen LogP contribution in [-0.2, 0) is 16.1 Å². The number of carbonyl (C=O) groups is 1. The minimum atomic E-state index is -0.995. The van der Waals surface area contributed by atoms with Crippen LogP contribution in [-0.4, -0.2) is 51.7 Å². The summed E-state index contributed by atoms with van der Waals surface area (Å²) in [6, 6.07) is 0. The predicted octanol–water partition coefficient (Wildman–Crippen LogP) is 1.76. The Kier molecular flexibility index (Phi) is 4.70. The molecule has 3 heterocycles. The van der Waals surface area contributed by atoms with Gasteiger partial charge >= 0.3 is 5.97 Å². The highest BCUT2D eigenvalue weighted by Gasteiger charge is 2.30. The van der Waals surface area contributed by atoms with E-state index in [4.69, 9.17) is 0 Å². The summed E-state index contributed by atoms with van der Waals surface area (Å²) in [5.74, 6) is -0.529. The number of esters is 1. The largest absolute Gasteiger partial charge is 0.467 e. The number of aliphatic hydroxyl groups excluding tert-OH is 1. The summed E-state index contributed by atoms with van der Waals surface area (Å²) in [5, 5.41) is 9.97. The van der Waals surface area contributed by atoms with Crippen molar-refractivity contribution in [2.45, 2.75) is 39.3 Å². The number of aryl methyl sites for hydroxylation is 2. The first-order valence-corrected chi connectivity index (χ1v) is 8.73. The standard InChI is InChI=1S/C16H23N3O3S/c1-10-8-19-13(11(2)17-16(19)23-10)9-18-6-4-12(5-7-18)14(20)15(21)22-3/h8,12,14,20H,4-7,9H2,1-3H3/t14-/m0/s1. The van der Waals surface area contributed by atoms with Crippen LogP contribution in [0.1, 0.15) is 29.1 Å². The fourth-order valence-electron chi connectivity index (χ4n) is 3.25. The molecule has 0 spiro atoms. The number of imidazole rings is 1. The zero-order valence-electron chi connectivity index (χ0n) is 13.8. The summed E-state index contributed by atoms with van der Waals surface area (Å²) >= 11 is 1.71. The normalized spacial score (nSPS) is 18.4. The van der Waals surface area contributed by atoms with E-state index in [0.29, 0.717) is 0 Å². The van der Waals surface area contributed by atoms with Gasteiger partial charge in [0.15, 0.2) is 11.1 Å². The van der Waals surface area contributed by atoms with Gasteiger partial charge in [0.25, 0.3) is 0 Å². The van der Waals surface area contributed by atoms with E-state index < -0.39 is 12.1 Å². The van der Waals surface area contributed by atoms with Crippen molar-refractivity contribution in [2.75, 3.05) is 20.2 Å². The maximum absolute atomic E-state index is 11.4. The number of thiazole rings is 1. The number of hydrogen-bond donors (Lipinski definition) is 1. The third-order valence-electron chi connectivity index (χ3n) is 4.64. The van der Waals surface area contributed by atoms with Gasteiger partial charge in [0, 0.05) is 17.6 Å². The molecule has 0 aromatic carbocycles. The molecule has 0 unspecified atom stereocenters.